The molecule has 3 atom stereocenters. The number of likely N-dealkylation sites (tertiary alicyclic amines) is 1. The van der Waals surface area contributed by atoms with E-state index in [0.717, 1.165) is 5.56 Å². The summed E-state index contributed by atoms with van der Waals surface area (Å²) in [6, 6.07) is 17.5. The third kappa shape index (κ3) is 8.51. The van der Waals surface area contributed by atoms with Crippen molar-refractivity contribution >= 4 is 40.4 Å². The Morgan fingerprint density at radius 2 is 1.52 bits per heavy atom. The molecule has 3 aromatic carbocycles. The summed E-state index contributed by atoms with van der Waals surface area (Å²) >= 11 is 0. The van der Waals surface area contributed by atoms with Gasteiger partial charge in [-0.05, 0) is 61.9 Å². The average molecular weight is 738 g/mol. The summed E-state index contributed by atoms with van der Waals surface area (Å²) < 4.78 is 13.6. The largest absolute Gasteiger partial charge is 0.492 e. The highest BCUT2D eigenvalue weighted by molar-refractivity contribution is 5.98. The Hall–Kier alpha value is -6.25. The van der Waals surface area contributed by atoms with Crippen LogP contribution in [0.4, 0.5) is 0 Å². The molecule has 4 N–H and O–H groups in total. The van der Waals surface area contributed by atoms with Crippen LogP contribution in [0.1, 0.15) is 42.6 Å². The molecule has 15 heteroatoms. The van der Waals surface area contributed by atoms with Gasteiger partial charge in [-0.25, -0.2) is 4.98 Å². The molecule has 4 aromatic rings. The summed E-state index contributed by atoms with van der Waals surface area (Å²) in [7, 11) is 1.60. The van der Waals surface area contributed by atoms with Gasteiger partial charge < -0.3 is 40.2 Å². The highest BCUT2D eigenvalue weighted by Gasteiger charge is 2.46. The van der Waals surface area contributed by atoms with Gasteiger partial charge in [0.15, 0.2) is 5.60 Å². The summed E-state index contributed by atoms with van der Waals surface area (Å²) in [6.45, 7) is 3.68. The smallest absolute Gasteiger partial charge is 0.264 e. The van der Waals surface area contributed by atoms with E-state index in [1.807, 2.05) is 30.3 Å². The minimum Gasteiger partial charge on any atom is -0.492 e. The molecular formula is C39H43N7O8. The number of hydrogen-bond acceptors (Lipinski definition) is 9. The van der Waals surface area contributed by atoms with E-state index in [9.17, 15) is 28.8 Å². The van der Waals surface area contributed by atoms with Gasteiger partial charge in [-0.2, -0.15) is 0 Å². The Bertz CT molecular complexity index is 2100. The van der Waals surface area contributed by atoms with Crippen LogP contribution >= 0.6 is 0 Å². The molecule has 7 rings (SSSR count). The van der Waals surface area contributed by atoms with Gasteiger partial charge in [0.1, 0.15) is 36.2 Å². The van der Waals surface area contributed by atoms with Crippen LogP contribution in [0, 0.1) is 0 Å². The maximum atomic E-state index is 14.2. The number of hydrogen-bond donors (Lipinski definition) is 4. The van der Waals surface area contributed by atoms with Crippen LogP contribution in [0.3, 0.4) is 0 Å². The fourth-order valence-electron chi connectivity index (χ4n) is 6.43. The fraction of sp³-hybridized carbons (Fsp3) is 0.359. The SMILES string of the molecule is C[C@@H]1NC(=O)[C@H](Cc2ccccc2)NC(=O)[C@H](C)NC(=O)C2(CCN(C(=O)c3ccc4c(=O)n(C)cnc4c3)CC2)Oc2ccc(cc2)OCCNC1=O. The first-order valence-corrected chi connectivity index (χ1v) is 17.8. The Morgan fingerprint density at radius 1 is 0.833 bits per heavy atom. The highest BCUT2D eigenvalue weighted by Crippen LogP contribution is 2.31. The predicted octanol–water partition coefficient (Wildman–Crippen LogP) is 1.23. The number of aromatic nitrogens is 2. The van der Waals surface area contributed by atoms with Gasteiger partial charge in [0.05, 0.1) is 23.8 Å². The van der Waals surface area contributed by atoms with Crippen molar-refractivity contribution in [2.45, 2.75) is 56.8 Å². The third-order valence-electron chi connectivity index (χ3n) is 9.65. The van der Waals surface area contributed by atoms with E-state index < -0.39 is 47.4 Å². The van der Waals surface area contributed by atoms with Crippen molar-refractivity contribution in [3.8, 4) is 11.5 Å². The number of piperidine rings is 1. The van der Waals surface area contributed by atoms with E-state index in [0.29, 0.717) is 28.0 Å². The lowest BCUT2D eigenvalue weighted by atomic mass is 9.89. The van der Waals surface area contributed by atoms with Crippen molar-refractivity contribution in [1.29, 1.82) is 0 Å². The number of amides is 5. The topological polar surface area (TPSA) is 190 Å². The molecule has 5 amide bonds. The molecule has 282 valence electrons. The molecule has 3 aliphatic heterocycles. The van der Waals surface area contributed by atoms with Crippen molar-refractivity contribution in [2.75, 3.05) is 26.2 Å². The van der Waals surface area contributed by atoms with Gasteiger partial charge in [-0.1, -0.05) is 30.3 Å². The molecule has 1 fully saturated rings. The highest BCUT2D eigenvalue weighted by atomic mass is 16.5. The van der Waals surface area contributed by atoms with Gasteiger partial charge in [-0.15, -0.1) is 0 Å². The fourth-order valence-corrected chi connectivity index (χ4v) is 6.43. The van der Waals surface area contributed by atoms with Crippen LogP contribution in [0.2, 0.25) is 0 Å². The first-order valence-electron chi connectivity index (χ1n) is 17.8. The number of carbonyl (C=O) groups is 5. The van der Waals surface area contributed by atoms with Crippen molar-refractivity contribution in [1.82, 2.24) is 35.7 Å². The molecule has 2 bridgehead atoms. The van der Waals surface area contributed by atoms with Crippen LogP contribution in [0.5, 0.6) is 11.5 Å². The van der Waals surface area contributed by atoms with E-state index in [2.05, 4.69) is 26.3 Å². The van der Waals surface area contributed by atoms with Crippen LogP contribution in [0.25, 0.3) is 10.9 Å². The first-order chi connectivity index (χ1) is 25.9. The molecule has 1 aromatic heterocycles. The molecule has 3 aliphatic rings. The third-order valence-corrected chi connectivity index (χ3v) is 9.65. The van der Waals surface area contributed by atoms with Crippen molar-refractivity contribution < 1.29 is 33.4 Å². The zero-order valence-corrected chi connectivity index (χ0v) is 30.3. The van der Waals surface area contributed by atoms with Gasteiger partial charge in [0, 0.05) is 45.0 Å². The maximum Gasteiger partial charge on any atom is 0.264 e. The molecule has 0 saturated carbocycles. The monoisotopic (exact) mass is 737 g/mol. The second kappa shape index (κ2) is 16.2. The number of fused-ring (bicyclic) bond motifs is 16. The molecule has 0 unspecified atom stereocenters. The maximum absolute atomic E-state index is 14.2. The molecule has 0 aliphatic carbocycles. The number of nitrogens with zero attached hydrogens (tertiary/aromatic N) is 3. The first kappa shape index (κ1) is 37.5. The summed E-state index contributed by atoms with van der Waals surface area (Å²) in [5.41, 5.74) is -0.157. The second-order valence-corrected chi connectivity index (χ2v) is 13.6. The average Bonchev–Trinajstić information content (AvgIpc) is 3.18. The minimum absolute atomic E-state index is 0.0974. The van der Waals surface area contributed by atoms with Crippen molar-refractivity contribution in [3.63, 3.8) is 0 Å². The minimum atomic E-state index is -1.47. The van der Waals surface area contributed by atoms with Gasteiger partial charge >= 0.3 is 0 Å². The lowest BCUT2D eigenvalue weighted by Gasteiger charge is -2.41. The summed E-state index contributed by atoms with van der Waals surface area (Å²) in [4.78, 5) is 86.1. The molecule has 1 spiro atoms. The van der Waals surface area contributed by atoms with Gasteiger partial charge in [0.25, 0.3) is 17.4 Å². The van der Waals surface area contributed by atoms with E-state index in [1.54, 1.807) is 61.3 Å². The molecule has 0 radical (unpaired) electrons. The van der Waals surface area contributed by atoms with Crippen LogP contribution < -0.4 is 36.3 Å². The second-order valence-electron chi connectivity index (χ2n) is 13.6. The Balaban J connectivity index is 1.23. The van der Waals surface area contributed by atoms with Crippen molar-refractivity contribution in [2.24, 2.45) is 7.05 Å². The number of aryl methyl sites for hydroxylation is 1. The van der Waals surface area contributed by atoms with E-state index in [-0.39, 0.29) is 57.0 Å². The van der Waals surface area contributed by atoms with Gasteiger partial charge in [-0.3, -0.25) is 28.8 Å². The number of nitrogens with one attached hydrogen (secondary N) is 4. The molecule has 54 heavy (non-hydrogen) atoms. The number of benzene rings is 3. The Kier molecular flexibility index (Phi) is 11.2. The predicted molar refractivity (Wildman–Crippen MR) is 198 cm³/mol. The van der Waals surface area contributed by atoms with Crippen LogP contribution in [-0.2, 0) is 32.6 Å². The van der Waals surface area contributed by atoms with Crippen LogP contribution in [-0.4, -0.2) is 94.0 Å². The van der Waals surface area contributed by atoms with Crippen LogP contribution in [0.15, 0.2) is 83.9 Å². The summed E-state index contributed by atoms with van der Waals surface area (Å²) in [5, 5.41) is 11.4. The van der Waals surface area contributed by atoms with Gasteiger partial charge in [0.2, 0.25) is 17.7 Å². The van der Waals surface area contributed by atoms with E-state index in [1.165, 1.54) is 17.8 Å². The quantitative estimate of drug-likeness (QED) is 0.224. The Labute approximate surface area is 311 Å². The van der Waals surface area contributed by atoms with E-state index in [4.69, 9.17) is 9.47 Å². The lowest BCUT2D eigenvalue weighted by Crippen LogP contribution is -2.61. The standard InChI is InChI=1S/C39H43N7O8/c1-24-33(47)40-17-20-53-28-10-12-29(13-11-28)54-39(38(52)43-25(2)34(48)44-32(35(49)42-24)21-26-7-5-4-6-8-26)15-18-46(19-16-39)36(50)27-9-14-30-31(22-27)41-23-45(3)37(30)51/h4-14,22-25,32H,15-21H2,1-3H3,(H,40,47)(H,42,49)(H,43,52)(H,44,48)/t24-,25-,32-/m0/s1. The zero-order chi connectivity index (χ0) is 38.4. The van der Waals surface area contributed by atoms with E-state index >= 15 is 0 Å². The molecule has 15 nitrogen and oxygen atoms in total. The number of rotatable bonds is 3. The molecule has 1 saturated heterocycles. The number of ether oxygens (including phenoxy) is 2. The Morgan fingerprint density at radius 3 is 2.24 bits per heavy atom. The summed E-state index contributed by atoms with van der Waals surface area (Å²) in [6.07, 6.45) is 1.73. The summed E-state index contributed by atoms with van der Waals surface area (Å²) in [5.74, 6) is -1.59. The normalized spacial score (nSPS) is 21.2. The molecule has 4 heterocycles. The number of carbonyl (C=O) groups excluding carboxylic acids is 5. The van der Waals surface area contributed by atoms with Crippen molar-refractivity contribution in [3.05, 3.63) is 101 Å². The molecular weight excluding hydrogens is 694 g/mol. The lowest BCUT2D eigenvalue weighted by molar-refractivity contribution is -0.143. The zero-order valence-electron chi connectivity index (χ0n) is 30.3.